The van der Waals surface area contributed by atoms with Crippen LogP contribution in [0.25, 0.3) is 5.57 Å². The van der Waals surface area contributed by atoms with E-state index in [1.54, 1.807) is 54.2 Å². The normalized spacial score (nSPS) is 12.7. The molecule has 0 saturated heterocycles. The largest absolute Gasteiger partial charge is 0.339 e. The number of aromatic nitrogens is 2. The molecule has 0 aliphatic heterocycles. The third-order valence-electron chi connectivity index (χ3n) is 4.25. The highest BCUT2D eigenvalue weighted by molar-refractivity contribution is 5.95. The Hall–Kier alpha value is -3.28. The molecule has 3 rings (SSSR count). The lowest BCUT2D eigenvalue weighted by Gasteiger charge is -2.18. The highest BCUT2D eigenvalue weighted by Gasteiger charge is 2.20. The summed E-state index contributed by atoms with van der Waals surface area (Å²) in [7, 11) is 1.81. The third kappa shape index (κ3) is 4.28. The molecule has 0 radical (unpaired) electrons. The Morgan fingerprint density at radius 2 is 1.85 bits per heavy atom. The van der Waals surface area contributed by atoms with Gasteiger partial charge in [-0.15, -0.1) is 0 Å². The van der Waals surface area contributed by atoms with Crippen LogP contribution in [0, 0.1) is 11.6 Å². The summed E-state index contributed by atoms with van der Waals surface area (Å²) >= 11 is 0. The van der Waals surface area contributed by atoms with Gasteiger partial charge in [0.25, 0.3) is 0 Å². The number of rotatable bonds is 5. The first-order valence-corrected chi connectivity index (χ1v) is 8.42. The van der Waals surface area contributed by atoms with Gasteiger partial charge in [-0.3, -0.25) is 4.79 Å². The molecule has 6 heteroatoms. The Labute approximate surface area is 156 Å². The van der Waals surface area contributed by atoms with Crippen LogP contribution in [-0.2, 0) is 11.8 Å². The maximum Gasteiger partial charge on any atom is 0.245 e. The van der Waals surface area contributed by atoms with E-state index in [2.05, 4.69) is 10.3 Å². The van der Waals surface area contributed by atoms with Gasteiger partial charge in [0, 0.05) is 31.1 Å². The molecule has 0 aliphatic rings. The fourth-order valence-corrected chi connectivity index (χ4v) is 2.85. The van der Waals surface area contributed by atoms with Gasteiger partial charge >= 0.3 is 0 Å². The average Bonchev–Trinajstić information content (AvgIpc) is 3.06. The van der Waals surface area contributed by atoms with E-state index in [1.807, 2.05) is 7.05 Å². The number of carbonyl (C=O) groups is 1. The number of benzene rings is 2. The summed E-state index contributed by atoms with van der Waals surface area (Å²) in [6, 6.07) is 11.6. The van der Waals surface area contributed by atoms with Crippen molar-refractivity contribution >= 4 is 11.5 Å². The Bertz CT molecular complexity index is 977. The van der Waals surface area contributed by atoms with Crippen molar-refractivity contribution in [2.75, 3.05) is 0 Å². The zero-order valence-corrected chi connectivity index (χ0v) is 15.0. The van der Waals surface area contributed by atoms with Gasteiger partial charge in [-0.2, -0.15) is 0 Å². The second-order valence-corrected chi connectivity index (χ2v) is 6.20. The van der Waals surface area contributed by atoms with Crippen LogP contribution >= 0.6 is 0 Å². The van der Waals surface area contributed by atoms with Gasteiger partial charge in [0.15, 0.2) is 0 Å². The van der Waals surface area contributed by atoms with Gasteiger partial charge in [0.05, 0.1) is 0 Å². The maximum atomic E-state index is 13.9. The number of nitrogens with zero attached hydrogens (tertiary/aromatic N) is 2. The minimum absolute atomic E-state index is 0.362. The Balaban J connectivity index is 1.89. The van der Waals surface area contributed by atoms with Crippen molar-refractivity contribution in [3.05, 3.63) is 95.6 Å². The summed E-state index contributed by atoms with van der Waals surface area (Å²) in [5.74, 6) is -0.544. The highest BCUT2D eigenvalue weighted by atomic mass is 19.1. The molecular formula is C21H19F2N3O. The molecule has 0 bridgehead atoms. The summed E-state index contributed by atoms with van der Waals surface area (Å²) in [6.45, 7) is 1.67. The maximum absolute atomic E-state index is 13.9. The number of nitrogens with one attached hydrogen (secondary N) is 1. The van der Waals surface area contributed by atoms with Gasteiger partial charge in [0.1, 0.15) is 23.5 Å². The predicted molar refractivity (Wildman–Crippen MR) is 99.6 cm³/mol. The molecule has 0 saturated carbocycles. The summed E-state index contributed by atoms with van der Waals surface area (Å²) in [5.41, 5.74) is 1.56. The van der Waals surface area contributed by atoms with Gasteiger partial charge in [-0.25, -0.2) is 13.8 Å². The molecule has 0 aliphatic carbocycles. The van der Waals surface area contributed by atoms with Crippen molar-refractivity contribution in [3.63, 3.8) is 0 Å². The molecule has 1 aromatic heterocycles. The number of carbonyl (C=O) groups excluding carboxylic acids is 1. The van der Waals surface area contributed by atoms with Crippen molar-refractivity contribution in [2.45, 2.75) is 13.0 Å². The number of hydrogen-bond donors (Lipinski definition) is 1. The van der Waals surface area contributed by atoms with Gasteiger partial charge in [0.2, 0.25) is 5.91 Å². The number of amides is 1. The molecule has 27 heavy (non-hydrogen) atoms. The standard InChI is InChI=1S/C21H19F2N3O/c1-14(17-5-3-4-6-18(17)23)13-19(27)25-20(21-24-11-12-26(21)2)15-7-9-16(22)10-8-15/h3-13,20H,1-2H3,(H,25,27). The molecule has 1 unspecified atom stereocenters. The van der Waals surface area contributed by atoms with Gasteiger partial charge < -0.3 is 9.88 Å². The molecular weight excluding hydrogens is 348 g/mol. The number of imidazole rings is 1. The molecule has 1 amide bonds. The van der Waals surface area contributed by atoms with Crippen molar-refractivity contribution < 1.29 is 13.6 Å². The van der Waals surface area contributed by atoms with E-state index in [4.69, 9.17) is 0 Å². The van der Waals surface area contributed by atoms with Crippen LogP contribution in [0.4, 0.5) is 8.78 Å². The monoisotopic (exact) mass is 367 g/mol. The first-order chi connectivity index (χ1) is 13.0. The fourth-order valence-electron chi connectivity index (χ4n) is 2.85. The van der Waals surface area contributed by atoms with Crippen molar-refractivity contribution in [1.29, 1.82) is 0 Å². The minimum Gasteiger partial charge on any atom is -0.339 e. The topological polar surface area (TPSA) is 46.9 Å². The molecule has 2 aromatic carbocycles. The number of halogens is 2. The van der Waals surface area contributed by atoms with Crippen LogP contribution in [0.5, 0.6) is 0 Å². The average molecular weight is 367 g/mol. The van der Waals surface area contributed by atoms with E-state index in [1.165, 1.54) is 24.3 Å². The minimum atomic E-state index is -0.567. The zero-order valence-electron chi connectivity index (χ0n) is 15.0. The van der Waals surface area contributed by atoms with Gasteiger partial charge in [-0.05, 0) is 36.3 Å². The lowest BCUT2D eigenvalue weighted by Crippen LogP contribution is -2.30. The van der Waals surface area contributed by atoms with E-state index in [0.29, 0.717) is 22.5 Å². The SMILES string of the molecule is CC(=CC(=O)NC(c1ccc(F)cc1)c1nccn1C)c1ccccc1F. The molecule has 3 aromatic rings. The zero-order chi connectivity index (χ0) is 19.4. The lowest BCUT2D eigenvalue weighted by molar-refractivity contribution is -0.117. The van der Waals surface area contributed by atoms with Crippen LogP contribution in [0.3, 0.4) is 0 Å². The second kappa shape index (κ2) is 7.95. The lowest BCUT2D eigenvalue weighted by atomic mass is 10.0. The second-order valence-electron chi connectivity index (χ2n) is 6.20. The van der Waals surface area contributed by atoms with Crippen LogP contribution in [0.2, 0.25) is 0 Å². The molecule has 1 heterocycles. The third-order valence-corrected chi connectivity index (χ3v) is 4.25. The Morgan fingerprint density at radius 3 is 2.48 bits per heavy atom. The summed E-state index contributed by atoms with van der Waals surface area (Å²) in [6.07, 6.45) is 4.73. The van der Waals surface area contributed by atoms with Crippen molar-refractivity contribution in [2.24, 2.45) is 7.05 Å². The number of hydrogen-bond acceptors (Lipinski definition) is 2. The Morgan fingerprint density at radius 1 is 1.15 bits per heavy atom. The van der Waals surface area contributed by atoms with Crippen LogP contribution < -0.4 is 5.32 Å². The van der Waals surface area contributed by atoms with E-state index < -0.39 is 17.8 Å². The molecule has 138 valence electrons. The van der Waals surface area contributed by atoms with Crippen LogP contribution in [-0.4, -0.2) is 15.5 Å². The first kappa shape index (κ1) is 18.5. The fraction of sp³-hybridized carbons (Fsp3) is 0.143. The number of allylic oxidation sites excluding steroid dienone is 1. The van der Waals surface area contributed by atoms with Crippen molar-refractivity contribution in [3.8, 4) is 0 Å². The highest BCUT2D eigenvalue weighted by Crippen LogP contribution is 2.22. The molecule has 1 N–H and O–H groups in total. The van der Waals surface area contributed by atoms with E-state index in [-0.39, 0.29) is 5.82 Å². The summed E-state index contributed by atoms with van der Waals surface area (Å²) < 4.78 is 29.0. The summed E-state index contributed by atoms with van der Waals surface area (Å²) in [5, 5.41) is 2.87. The smallest absolute Gasteiger partial charge is 0.245 e. The summed E-state index contributed by atoms with van der Waals surface area (Å²) in [4.78, 5) is 16.9. The molecule has 1 atom stereocenters. The van der Waals surface area contributed by atoms with Crippen molar-refractivity contribution in [1.82, 2.24) is 14.9 Å². The Kier molecular flexibility index (Phi) is 5.45. The quantitative estimate of drug-likeness (QED) is 0.693. The molecule has 0 spiro atoms. The van der Waals surface area contributed by atoms with E-state index >= 15 is 0 Å². The van der Waals surface area contributed by atoms with E-state index in [0.717, 1.165) is 0 Å². The van der Waals surface area contributed by atoms with Gasteiger partial charge in [-0.1, -0.05) is 30.3 Å². The van der Waals surface area contributed by atoms with E-state index in [9.17, 15) is 13.6 Å². The molecule has 4 nitrogen and oxygen atoms in total. The van der Waals surface area contributed by atoms with Crippen LogP contribution in [0.15, 0.2) is 67.0 Å². The van der Waals surface area contributed by atoms with Crippen LogP contribution in [0.1, 0.15) is 29.9 Å². The predicted octanol–water partition coefficient (Wildman–Crippen LogP) is 4.01. The number of aryl methyl sites for hydroxylation is 1. The molecule has 0 fully saturated rings. The first-order valence-electron chi connectivity index (χ1n) is 8.42.